The van der Waals surface area contributed by atoms with Crippen molar-refractivity contribution in [3.8, 4) is 0 Å². The van der Waals surface area contributed by atoms with Crippen molar-refractivity contribution in [2.24, 2.45) is 0 Å². The number of ketones is 1. The van der Waals surface area contributed by atoms with Gasteiger partial charge >= 0.3 is 0 Å². The van der Waals surface area contributed by atoms with E-state index in [2.05, 4.69) is 16.9 Å². The summed E-state index contributed by atoms with van der Waals surface area (Å²) in [6.07, 6.45) is 4.98. The second-order valence-electron chi connectivity index (χ2n) is 4.14. The molecular formula is C13H20N2OS. The number of carbonyl (C=O) groups is 1. The van der Waals surface area contributed by atoms with Gasteiger partial charge in [0.2, 0.25) is 0 Å². The van der Waals surface area contributed by atoms with Gasteiger partial charge in [0.25, 0.3) is 0 Å². The van der Waals surface area contributed by atoms with Gasteiger partial charge in [-0.25, -0.2) is 9.97 Å². The largest absolute Gasteiger partial charge is 0.293 e. The minimum atomic E-state index is 0.00309. The Hall–Kier alpha value is -0.900. The number of nitrogens with zero attached hydrogens (tertiary/aromatic N) is 2. The normalized spacial score (nSPS) is 10.5. The molecule has 0 unspecified atom stereocenters. The molecule has 3 nitrogen and oxygen atoms in total. The molecule has 1 rings (SSSR count). The first-order chi connectivity index (χ1) is 8.13. The predicted molar refractivity (Wildman–Crippen MR) is 71.6 cm³/mol. The Morgan fingerprint density at radius 3 is 2.71 bits per heavy atom. The van der Waals surface area contributed by atoms with Crippen LogP contribution in [-0.4, -0.2) is 21.5 Å². The van der Waals surface area contributed by atoms with Gasteiger partial charge in [0.05, 0.1) is 0 Å². The molecule has 1 aromatic rings. The Morgan fingerprint density at radius 2 is 2.06 bits per heavy atom. The quantitative estimate of drug-likeness (QED) is 0.321. The highest BCUT2D eigenvalue weighted by Gasteiger charge is 2.06. The molecule has 0 aliphatic heterocycles. The van der Waals surface area contributed by atoms with Crippen LogP contribution >= 0.6 is 11.8 Å². The number of aromatic nitrogens is 2. The molecule has 0 aliphatic rings. The van der Waals surface area contributed by atoms with Crippen molar-refractivity contribution in [1.82, 2.24) is 9.97 Å². The van der Waals surface area contributed by atoms with E-state index in [0.717, 1.165) is 16.6 Å². The molecule has 0 saturated carbocycles. The van der Waals surface area contributed by atoms with Crippen LogP contribution in [0.2, 0.25) is 0 Å². The number of unbranched alkanes of at least 4 members (excludes halogenated alkanes) is 3. The summed E-state index contributed by atoms with van der Waals surface area (Å²) in [5.74, 6) is 1.03. The molecule has 1 aromatic heterocycles. The molecule has 94 valence electrons. The van der Waals surface area contributed by atoms with E-state index in [1.54, 1.807) is 17.8 Å². The SMILES string of the molecule is CCCCCCSc1nc(C)cc(C(C)=O)n1. The van der Waals surface area contributed by atoms with Crippen molar-refractivity contribution < 1.29 is 4.79 Å². The first-order valence-electron chi connectivity index (χ1n) is 6.13. The number of thioether (sulfide) groups is 1. The lowest BCUT2D eigenvalue weighted by Gasteiger charge is -2.03. The third-order valence-corrected chi connectivity index (χ3v) is 3.36. The number of carbonyl (C=O) groups excluding carboxylic acids is 1. The number of hydrogen-bond donors (Lipinski definition) is 0. The molecule has 0 atom stereocenters. The van der Waals surface area contributed by atoms with E-state index < -0.39 is 0 Å². The summed E-state index contributed by atoms with van der Waals surface area (Å²) in [6, 6.07) is 1.74. The highest BCUT2D eigenvalue weighted by Crippen LogP contribution is 2.17. The number of aryl methyl sites for hydroxylation is 1. The number of hydrogen-bond acceptors (Lipinski definition) is 4. The molecule has 0 spiro atoms. The van der Waals surface area contributed by atoms with Crippen molar-refractivity contribution in [1.29, 1.82) is 0 Å². The van der Waals surface area contributed by atoms with E-state index in [-0.39, 0.29) is 5.78 Å². The Bertz CT molecular complexity index is 380. The maximum Gasteiger partial charge on any atom is 0.188 e. The van der Waals surface area contributed by atoms with E-state index in [1.165, 1.54) is 32.6 Å². The Balaban J connectivity index is 2.50. The van der Waals surface area contributed by atoms with Crippen LogP contribution in [0.4, 0.5) is 0 Å². The molecule has 1 heterocycles. The first kappa shape index (κ1) is 14.2. The monoisotopic (exact) mass is 252 g/mol. The second kappa shape index (κ2) is 7.43. The zero-order chi connectivity index (χ0) is 12.7. The van der Waals surface area contributed by atoms with Gasteiger partial charge in [-0.3, -0.25) is 4.79 Å². The maximum atomic E-state index is 11.3. The Morgan fingerprint density at radius 1 is 1.29 bits per heavy atom. The topological polar surface area (TPSA) is 42.9 Å². The third-order valence-electron chi connectivity index (χ3n) is 2.42. The predicted octanol–water partition coefficient (Wildman–Crippen LogP) is 3.66. The van der Waals surface area contributed by atoms with Gasteiger partial charge in [-0.15, -0.1) is 0 Å². The summed E-state index contributed by atoms with van der Waals surface area (Å²) in [5.41, 5.74) is 1.38. The van der Waals surface area contributed by atoms with Crippen LogP contribution < -0.4 is 0 Å². The third kappa shape index (κ3) is 5.31. The number of Topliss-reactive ketones (excluding diaryl/α,β-unsaturated/α-hetero) is 1. The molecule has 0 saturated heterocycles. The summed E-state index contributed by atoms with van der Waals surface area (Å²) < 4.78 is 0. The fourth-order valence-electron chi connectivity index (χ4n) is 1.48. The van der Waals surface area contributed by atoms with E-state index in [9.17, 15) is 4.79 Å². The van der Waals surface area contributed by atoms with Gasteiger partial charge in [0.15, 0.2) is 10.9 Å². The van der Waals surface area contributed by atoms with Crippen LogP contribution in [0, 0.1) is 6.92 Å². The maximum absolute atomic E-state index is 11.3. The molecule has 0 radical (unpaired) electrons. The van der Waals surface area contributed by atoms with Crippen LogP contribution in [-0.2, 0) is 0 Å². The highest BCUT2D eigenvalue weighted by atomic mass is 32.2. The van der Waals surface area contributed by atoms with Gasteiger partial charge in [0, 0.05) is 18.4 Å². The molecule has 17 heavy (non-hydrogen) atoms. The summed E-state index contributed by atoms with van der Waals surface area (Å²) in [6.45, 7) is 5.64. The first-order valence-corrected chi connectivity index (χ1v) is 7.11. The fourth-order valence-corrected chi connectivity index (χ4v) is 2.38. The zero-order valence-electron chi connectivity index (χ0n) is 10.8. The average molecular weight is 252 g/mol. The zero-order valence-corrected chi connectivity index (χ0v) is 11.6. The van der Waals surface area contributed by atoms with Crippen molar-refractivity contribution in [2.75, 3.05) is 5.75 Å². The second-order valence-corrected chi connectivity index (χ2v) is 5.20. The van der Waals surface area contributed by atoms with E-state index >= 15 is 0 Å². The average Bonchev–Trinajstić information content (AvgIpc) is 2.28. The Kier molecular flexibility index (Phi) is 6.19. The van der Waals surface area contributed by atoms with Crippen LogP contribution in [0.1, 0.15) is 55.7 Å². The molecular weight excluding hydrogens is 232 g/mol. The van der Waals surface area contributed by atoms with Gasteiger partial charge in [-0.1, -0.05) is 37.9 Å². The summed E-state index contributed by atoms with van der Waals surface area (Å²) >= 11 is 1.64. The van der Waals surface area contributed by atoms with Crippen LogP contribution in [0.5, 0.6) is 0 Å². The van der Waals surface area contributed by atoms with Gasteiger partial charge in [-0.05, 0) is 19.4 Å². The van der Waals surface area contributed by atoms with Crippen LogP contribution in [0.15, 0.2) is 11.2 Å². The van der Waals surface area contributed by atoms with Crippen molar-refractivity contribution in [3.63, 3.8) is 0 Å². The van der Waals surface area contributed by atoms with E-state index in [0.29, 0.717) is 5.69 Å². The minimum Gasteiger partial charge on any atom is -0.293 e. The molecule has 0 bridgehead atoms. The summed E-state index contributed by atoms with van der Waals surface area (Å²) in [7, 11) is 0. The van der Waals surface area contributed by atoms with Gasteiger partial charge < -0.3 is 0 Å². The fraction of sp³-hybridized carbons (Fsp3) is 0.615. The lowest BCUT2D eigenvalue weighted by Crippen LogP contribution is -2.01. The van der Waals surface area contributed by atoms with E-state index in [4.69, 9.17) is 0 Å². The summed E-state index contributed by atoms with van der Waals surface area (Å²) in [5, 5.41) is 0.728. The van der Waals surface area contributed by atoms with Crippen LogP contribution in [0.3, 0.4) is 0 Å². The smallest absolute Gasteiger partial charge is 0.188 e. The Labute approximate surface area is 107 Å². The minimum absolute atomic E-state index is 0.00309. The molecule has 0 N–H and O–H groups in total. The molecule has 4 heteroatoms. The standard InChI is InChI=1S/C13H20N2OS/c1-4-5-6-7-8-17-13-14-10(2)9-12(15-13)11(3)16/h9H,4-8H2,1-3H3. The van der Waals surface area contributed by atoms with Crippen molar-refractivity contribution in [3.05, 3.63) is 17.5 Å². The lowest BCUT2D eigenvalue weighted by molar-refractivity contribution is 0.101. The molecule has 0 aromatic carbocycles. The highest BCUT2D eigenvalue weighted by molar-refractivity contribution is 7.99. The number of rotatable bonds is 7. The van der Waals surface area contributed by atoms with Gasteiger partial charge in [-0.2, -0.15) is 0 Å². The van der Waals surface area contributed by atoms with Crippen molar-refractivity contribution >= 4 is 17.5 Å². The summed E-state index contributed by atoms with van der Waals surface area (Å²) in [4.78, 5) is 19.9. The molecule has 0 fully saturated rings. The van der Waals surface area contributed by atoms with Crippen LogP contribution in [0.25, 0.3) is 0 Å². The molecule has 0 aliphatic carbocycles. The molecule has 0 amide bonds. The van der Waals surface area contributed by atoms with E-state index in [1.807, 2.05) is 6.92 Å². The van der Waals surface area contributed by atoms with Gasteiger partial charge in [0.1, 0.15) is 5.69 Å². The lowest BCUT2D eigenvalue weighted by atomic mass is 10.2. The van der Waals surface area contributed by atoms with Crippen molar-refractivity contribution in [2.45, 2.75) is 51.6 Å².